The second-order valence-corrected chi connectivity index (χ2v) is 4.48. The van der Waals surface area contributed by atoms with Gasteiger partial charge in [0, 0.05) is 6.54 Å². The molecular weight excluding hydrogens is 202 g/mol. The number of hydrogen-bond acceptors (Lipinski definition) is 3. The van der Waals surface area contributed by atoms with Crippen LogP contribution in [0.15, 0.2) is 30.3 Å². The zero-order chi connectivity index (χ0) is 12.0. The van der Waals surface area contributed by atoms with Crippen LogP contribution in [0.4, 0.5) is 0 Å². The van der Waals surface area contributed by atoms with Crippen LogP contribution in [-0.2, 0) is 16.1 Å². The predicted molar refractivity (Wildman–Crippen MR) is 63.9 cm³/mol. The minimum absolute atomic E-state index is 0.175. The molecule has 1 aromatic rings. The van der Waals surface area contributed by atoms with Gasteiger partial charge in [0.2, 0.25) is 0 Å². The lowest BCUT2D eigenvalue weighted by molar-refractivity contribution is -0.155. The predicted octanol–water partition coefficient (Wildman–Crippen LogP) is 1.98. The standard InChI is InChI=1S/C13H19NO2/c1-13(2,10-14-3)12(15)16-9-11-7-5-4-6-8-11/h4-8,14H,9-10H2,1-3H3. The van der Waals surface area contributed by atoms with Gasteiger partial charge in [-0.05, 0) is 26.5 Å². The van der Waals surface area contributed by atoms with Crippen molar-refractivity contribution >= 4 is 5.97 Å². The number of esters is 1. The second kappa shape index (κ2) is 5.66. The minimum Gasteiger partial charge on any atom is -0.460 e. The number of carbonyl (C=O) groups excluding carboxylic acids is 1. The van der Waals surface area contributed by atoms with Crippen molar-refractivity contribution in [3.05, 3.63) is 35.9 Å². The molecule has 16 heavy (non-hydrogen) atoms. The quantitative estimate of drug-likeness (QED) is 0.773. The van der Waals surface area contributed by atoms with Crippen LogP contribution in [0.3, 0.4) is 0 Å². The fourth-order valence-electron chi connectivity index (χ4n) is 1.43. The summed E-state index contributed by atoms with van der Waals surface area (Å²) < 4.78 is 5.27. The van der Waals surface area contributed by atoms with Gasteiger partial charge in [-0.3, -0.25) is 4.79 Å². The number of carbonyl (C=O) groups is 1. The first-order valence-electron chi connectivity index (χ1n) is 5.42. The van der Waals surface area contributed by atoms with Crippen molar-refractivity contribution in [1.82, 2.24) is 5.32 Å². The van der Waals surface area contributed by atoms with E-state index in [0.717, 1.165) is 5.56 Å². The third kappa shape index (κ3) is 3.66. The summed E-state index contributed by atoms with van der Waals surface area (Å²) in [7, 11) is 1.83. The zero-order valence-electron chi connectivity index (χ0n) is 10.1. The molecule has 0 aliphatic carbocycles. The Bertz CT molecular complexity index is 333. The summed E-state index contributed by atoms with van der Waals surface area (Å²) in [5.41, 5.74) is 0.528. The average Bonchev–Trinajstić information content (AvgIpc) is 2.27. The smallest absolute Gasteiger partial charge is 0.313 e. The first-order valence-corrected chi connectivity index (χ1v) is 5.42. The average molecular weight is 221 g/mol. The molecule has 0 saturated carbocycles. The number of rotatable bonds is 5. The van der Waals surface area contributed by atoms with Gasteiger partial charge in [0.1, 0.15) is 6.61 Å². The molecular formula is C13H19NO2. The Balaban J connectivity index is 2.47. The van der Waals surface area contributed by atoms with E-state index in [0.29, 0.717) is 13.2 Å². The first-order chi connectivity index (χ1) is 7.56. The van der Waals surface area contributed by atoms with Crippen molar-refractivity contribution in [1.29, 1.82) is 0 Å². The van der Waals surface area contributed by atoms with Crippen molar-refractivity contribution in [3.8, 4) is 0 Å². The maximum Gasteiger partial charge on any atom is 0.313 e. The van der Waals surface area contributed by atoms with Crippen LogP contribution >= 0.6 is 0 Å². The lowest BCUT2D eigenvalue weighted by Crippen LogP contribution is -2.35. The second-order valence-electron chi connectivity index (χ2n) is 4.48. The minimum atomic E-state index is -0.483. The Morgan fingerprint density at radius 2 is 1.94 bits per heavy atom. The van der Waals surface area contributed by atoms with Crippen molar-refractivity contribution in [3.63, 3.8) is 0 Å². The number of hydrogen-bond donors (Lipinski definition) is 1. The highest BCUT2D eigenvalue weighted by atomic mass is 16.5. The van der Waals surface area contributed by atoms with E-state index >= 15 is 0 Å². The Labute approximate surface area is 96.8 Å². The molecule has 1 aromatic carbocycles. The highest BCUT2D eigenvalue weighted by molar-refractivity contribution is 5.76. The van der Waals surface area contributed by atoms with E-state index in [9.17, 15) is 4.79 Å². The van der Waals surface area contributed by atoms with Gasteiger partial charge >= 0.3 is 5.97 Å². The van der Waals surface area contributed by atoms with Crippen molar-refractivity contribution < 1.29 is 9.53 Å². The van der Waals surface area contributed by atoms with E-state index in [-0.39, 0.29) is 5.97 Å². The van der Waals surface area contributed by atoms with Gasteiger partial charge in [-0.2, -0.15) is 0 Å². The molecule has 88 valence electrons. The van der Waals surface area contributed by atoms with Crippen molar-refractivity contribution in [2.45, 2.75) is 20.5 Å². The summed E-state index contributed by atoms with van der Waals surface area (Å²) in [5, 5.41) is 2.99. The number of nitrogens with one attached hydrogen (secondary N) is 1. The van der Waals surface area contributed by atoms with Crippen LogP contribution < -0.4 is 5.32 Å². The monoisotopic (exact) mass is 221 g/mol. The summed E-state index contributed by atoms with van der Waals surface area (Å²) in [6, 6.07) is 9.69. The largest absolute Gasteiger partial charge is 0.460 e. The van der Waals surface area contributed by atoms with E-state index in [1.807, 2.05) is 51.2 Å². The Morgan fingerprint density at radius 3 is 2.50 bits per heavy atom. The van der Waals surface area contributed by atoms with E-state index in [4.69, 9.17) is 4.74 Å². The van der Waals surface area contributed by atoms with Gasteiger partial charge in [0.05, 0.1) is 5.41 Å². The van der Waals surface area contributed by atoms with Crippen LogP contribution in [0.25, 0.3) is 0 Å². The highest BCUT2D eigenvalue weighted by Gasteiger charge is 2.28. The molecule has 0 heterocycles. The molecule has 1 N–H and O–H groups in total. The van der Waals surface area contributed by atoms with Crippen LogP contribution in [0, 0.1) is 5.41 Å². The van der Waals surface area contributed by atoms with Crippen LogP contribution in [0.1, 0.15) is 19.4 Å². The number of ether oxygens (including phenoxy) is 1. The van der Waals surface area contributed by atoms with Crippen LogP contribution in [-0.4, -0.2) is 19.6 Å². The molecule has 0 bridgehead atoms. The van der Waals surface area contributed by atoms with Gasteiger partial charge < -0.3 is 10.1 Å². The molecule has 0 atom stereocenters. The number of benzene rings is 1. The Kier molecular flexibility index (Phi) is 4.50. The summed E-state index contributed by atoms with van der Waals surface area (Å²) in [5.74, 6) is -0.175. The van der Waals surface area contributed by atoms with Crippen LogP contribution in [0.2, 0.25) is 0 Å². The molecule has 0 fully saturated rings. The maximum atomic E-state index is 11.8. The molecule has 0 aliphatic heterocycles. The van der Waals surface area contributed by atoms with Gasteiger partial charge in [0.15, 0.2) is 0 Å². The van der Waals surface area contributed by atoms with Crippen molar-refractivity contribution in [2.75, 3.05) is 13.6 Å². The Morgan fingerprint density at radius 1 is 1.31 bits per heavy atom. The molecule has 0 aliphatic rings. The van der Waals surface area contributed by atoms with Gasteiger partial charge in [-0.1, -0.05) is 30.3 Å². The lowest BCUT2D eigenvalue weighted by atomic mass is 9.94. The summed E-state index contributed by atoms with van der Waals surface area (Å²) in [6.07, 6.45) is 0. The highest BCUT2D eigenvalue weighted by Crippen LogP contribution is 2.16. The summed E-state index contributed by atoms with van der Waals surface area (Å²) >= 11 is 0. The third-order valence-corrected chi connectivity index (χ3v) is 2.38. The van der Waals surface area contributed by atoms with Gasteiger partial charge in [-0.15, -0.1) is 0 Å². The van der Waals surface area contributed by atoms with Gasteiger partial charge in [0.25, 0.3) is 0 Å². The maximum absolute atomic E-state index is 11.8. The topological polar surface area (TPSA) is 38.3 Å². The van der Waals surface area contributed by atoms with Crippen LogP contribution in [0.5, 0.6) is 0 Å². The summed E-state index contributed by atoms with van der Waals surface area (Å²) in [6.45, 7) is 4.70. The molecule has 1 rings (SSSR count). The molecule has 0 unspecified atom stereocenters. The fourth-order valence-corrected chi connectivity index (χ4v) is 1.43. The first kappa shape index (κ1) is 12.7. The normalized spacial score (nSPS) is 11.2. The third-order valence-electron chi connectivity index (χ3n) is 2.38. The Hall–Kier alpha value is -1.35. The molecule has 0 aromatic heterocycles. The van der Waals surface area contributed by atoms with Crippen molar-refractivity contribution in [2.24, 2.45) is 5.41 Å². The molecule has 3 nitrogen and oxygen atoms in total. The molecule has 0 amide bonds. The molecule has 0 saturated heterocycles. The van der Waals surface area contributed by atoms with Gasteiger partial charge in [-0.25, -0.2) is 0 Å². The van der Waals surface area contributed by atoms with E-state index in [1.165, 1.54) is 0 Å². The van der Waals surface area contributed by atoms with E-state index in [1.54, 1.807) is 0 Å². The molecule has 3 heteroatoms. The van der Waals surface area contributed by atoms with E-state index in [2.05, 4.69) is 5.32 Å². The lowest BCUT2D eigenvalue weighted by Gasteiger charge is -2.21. The summed E-state index contributed by atoms with van der Waals surface area (Å²) in [4.78, 5) is 11.8. The van der Waals surface area contributed by atoms with E-state index < -0.39 is 5.41 Å². The SMILES string of the molecule is CNCC(C)(C)C(=O)OCc1ccccc1. The molecule has 0 spiro atoms. The zero-order valence-corrected chi connectivity index (χ0v) is 10.1. The molecule has 0 radical (unpaired) electrons. The fraction of sp³-hybridized carbons (Fsp3) is 0.462.